The average molecular weight is 389 g/mol. The van der Waals surface area contributed by atoms with Gasteiger partial charge in [-0.15, -0.1) is 0 Å². The van der Waals surface area contributed by atoms with Crippen LogP contribution < -0.4 is 17.0 Å². The third-order valence-electron chi connectivity index (χ3n) is 4.11. The summed E-state index contributed by atoms with van der Waals surface area (Å²) in [4.78, 5) is 26.4. The van der Waals surface area contributed by atoms with Gasteiger partial charge in [-0.25, -0.2) is 5.06 Å². The topological polar surface area (TPSA) is 46.6 Å². The molecule has 0 aromatic rings. The standard InChI is InChI=1S/C8H15NO2.C7H12O.CH3.BrH.Mg/c1-9(11-2)8(10)6-7-4-3-5-7;1-6(8)5-7-3-2-4-7;;;/h7H,3-6H2,1-2H3;7H,2-5H2,1H3;1H3;1H;/q;;-1;;+2/p-1. The number of halogens is 1. The summed E-state index contributed by atoms with van der Waals surface area (Å²) in [5.74, 6) is 1.83. The Morgan fingerprint density at radius 3 is 1.68 bits per heavy atom. The molecule has 0 spiro atoms. The summed E-state index contributed by atoms with van der Waals surface area (Å²) in [5, 5.41) is 1.30. The molecule has 6 heteroatoms. The summed E-state index contributed by atoms with van der Waals surface area (Å²) < 4.78 is 0. The number of amides is 1. The fourth-order valence-corrected chi connectivity index (χ4v) is 2.28. The Hall–Kier alpha value is 0.346. The molecule has 0 radical (unpaired) electrons. The molecule has 0 aromatic heterocycles. The van der Waals surface area contributed by atoms with E-state index in [0.29, 0.717) is 18.1 Å². The summed E-state index contributed by atoms with van der Waals surface area (Å²) in [7, 11) is 3.17. The first-order chi connectivity index (χ1) is 9.02. The van der Waals surface area contributed by atoms with Crippen LogP contribution in [-0.4, -0.2) is 54.0 Å². The van der Waals surface area contributed by atoms with Crippen molar-refractivity contribution in [3.63, 3.8) is 0 Å². The summed E-state index contributed by atoms with van der Waals surface area (Å²) in [6.07, 6.45) is 9.13. The largest absolute Gasteiger partial charge is 2.00 e. The summed E-state index contributed by atoms with van der Waals surface area (Å²) in [5.41, 5.74) is 0. The fraction of sp³-hybridized carbons (Fsp3) is 0.812. The summed E-state index contributed by atoms with van der Waals surface area (Å²) in [6.45, 7) is 1.68. The Morgan fingerprint density at radius 2 is 1.45 bits per heavy atom. The van der Waals surface area contributed by atoms with Crippen LogP contribution in [0.4, 0.5) is 0 Å². The zero-order valence-electron chi connectivity index (χ0n) is 14.6. The number of carbonyl (C=O) groups is 2. The van der Waals surface area contributed by atoms with Gasteiger partial charge in [-0.3, -0.25) is 9.63 Å². The maximum absolute atomic E-state index is 11.2. The van der Waals surface area contributed by atoms with Crippen molar-refractivity contribution < 1.29 is 31.4 Å². The number of Topliss-reactive ketones (excluding diaryl/α,β-unsaturated/α-hetero) is 1. The van der Waals surface area contributed by atoms with Gasteiger partial charge in [0.2, 0.25) is 5.91 Å². The van der Waals surface area contributed by atoms with E-state index in [1.54, 1.807) is 14.0 Å². The zero-order valence-corrected chi connectivity index (χ0v) is 17.6. The van der Waals surface area contributed by atoms with Gasteiger partial charge < -0.3 is 29.2 Å². The molecule has 0 unspecified atom stereocenters. The smallest absolute Gasteiger partial charge is 1.00 e. The molecule has 0 aliphatic heterocycles. The van der Waals surface area contributed by atoms with Gasteiger partial charge in [0.25, 0.3) is 0 Å². The summed E-state index contributed by atoms with van der Waals surface area (Å²) >= 11 is 0. The molecule has 4 nitrogen and oxygen atoms in total. The van der Waals surface area contributed by atoms with Crippen LogP contribution in [0.3, 0.4) is 0 Å². The molecule has 0 aromatic carbocycles. The Labute approximate surface area is 162 Å². The van der Waals surface area contributed by atoms with Crippen LogP contribution in [0, 0.1) is 19.3 Å². The van der Waals surface area contributed by atoms with E-state index in [1.807, 2.05) is 0 Å². The monoisotopic (exact) mass is 387 g/mol. The van der Waals surface area contributed by atoms with Gasteiger partial charge in [0, 0.05) is 19.9 Å². The van der Waals surface area contributed by atoms with Gasteiger partial charge in [-0.1, -0.05) is 25.7 Å². The molecule has 0 heterocycles. The van der Waals surface area contributed by atoms with Crippen LogP contribution in [0.2, 0.25) is 0 Å². The molecule has 2 aliphatic carbocycles. The van der Waals surface area contributed by atoms with Gasteiger partial charge in [0.05, 0.1) is 7.11 Å². The molecule has 1 amide bonds. The molecule has 2 aliphatic rings. The van der Waals surface area contributed by atoms with Crippen molar-refractivity contribution in [2.75, 3.05) is 14.2 Å². The Balaban J connectivity index is -0.000000299. The van der Waals surface area contributed by atoms with Crippen molar-refractivity contribution in [2.24, 2.45) is 11.8 Å². The molecule has 0 saturated heterocycles. The first kappa shape index (κ1) is 27.2. The van der Waals surface area contributed by atoms with Crippen LogP contribution >= 0.6 is 0 Å². The maximum atomic E-state index is 11.2. The zero-order chi connectivity index (χ0) is 14.3. The van der Waals surface area contributed by atoms with Gasteiger partial charge in [0.15, 0.2) is 0 Å². The molecule has 126 valence electrons. The van der Waals surface area contributed by atoms with Gasteiger partial charge in [-0.05, 0) is 31.6 Å². The third kappa shape index (κ3) is 11.0. The number of ketones is 1. The molecule has 0 atom stereocenters. The second kappa shape index (κ2) is 14.9. The van der Waals surface area contributed by atoms with Crippen molar-refractivity contribution in [3.8, 4) is 0 Å². The maximum Gasteiger partial charge on any atom is 2.00 e. The second-order valence-corrected chi connectivity index (χ2v) is 5.78. The van der Waals surface area contributed by atoms with Crippen molar-refractivity contribution in [1.82, 2.24) is 5.06 Å². The van der Waals surface area contributed by atoms with Crippen LogP contribution in [0.25, 0.3) is 0 Å². The molecule has 2 rings (SSSR count). The predicted molar refractivity (Wildman–Crippen MR) is 86.5 cm³/mol. The van der Waals surface area contributed by atoms with Gasteiger partial charge >= 0.3 is 23.1 Å². The molecule has 2 fully saturated rings. The van der Waals surface area contributed by atoms with E-state index in [4.69, 9.17) is 4.84 Å². The van der Waals surface area contributed by atoms with E-state index >= 15 is 0 Å². The first-order valence-electron chi connectivity index (χ1n) is 7.33. The van der Waals surface area contributed by atoms with E-state index in [0.717, 1.165) is 12.3 Å². The third-order valence-corrected chi connectivity index (χ3v) is 4.11. The van der Waals surface area contributed by atoms with Crippen LogP contribution in [0.15, 0.2) is 0 Å². The van der Waals surface area contributed by atoms with Crippen molar-refractivity contribution >= 4 is 34.7 Å². The number of rotatable bonds is 5. The number of carbonyl (C=O) groups excluding carboxylic acids is 2. The molecular formula is C16H30BrMgNO3. The molecular weight excluding hydrogens is 358 g/mol. The fourth-order valence-electron chi connectivity index (χ4n) is 2.28. The van der Waals surface area contributed by atoms with E-state index in [2.05, 4.69) is 0 Å². The normalized spacial score (nSPS) is 16.1. The van der Waals surface area contributed by atoms with Crippen molar-refractivity contribution in [2.45, 2.75) is 58.3 Å². The number of hydrogen-bond donors (Lipinski definition) is 0. The predicted octanol–water partition coefficient (Wildman–Crippen LogP) is 0.0355. The SMILES string of the molecule is CC(=O)CC1CCC1.CON(C)C(=O)CC1CCC1.[Br-].[CH3-].[Mg+2]. The van der Waals surface area contributed by atoms with Crippen LogP contribution in [0.5, 0.6) is 0 Å². The molecule has 2 saturated carbocycles. The first-order valence-corrected chi connectivity index (χ1v) is 7.33. The van der Waals surface area contributed by atoms with Crippen LogP contribution in [0.1, 0.15) is 58.3 Å². The Kier molecular flexibility index (Phi) is 18.4. The molecule has 22 heavy (non-hydrogen) atoms. The molecule has 0 N–H and O–H groups in total. The van der Waals surface area contributed by atoms with Crippen molar-refractivity contribution in [3.05, 3.63) is 7.43 Å². The summed E-state index contributed by atoms with van der Waals surface area (Å²) in [6, 6.07) is 0. The van der Waals surface area contributed by atoms with Crippen molar-refractivity contribution in [1.29, 1.82) is 0 Å². The van der Waals surface area contributed by atoms with E-state index in [-0.39, 0.29) is 53.4 Å². The Morgan fingerprint density at radius 1 is 1.05 bits per heavy atom. The minimum absolute atomic E-state index is 0. The van der Waals surface area contributed by atoms with E-state index in [1.165, 1.54) is 50.7 Å². The van der Waals surface area contributed by atoms with Gasteiger partial charge in [-0.2, -0.15) is 0 Å². The number of nitrogens with zero attached hydrogens (tertiary/aromatic N) is 1. The minimum atomic E-state index is 0. The van der Waals surface area contributed by atoms with Gasteiger partial charge in [0.1, 0.15) is 5.78 Å². The number of hydroxylamine groups is 2. The average Bonchev–Trinajstić information content (AvgIpc) is 2.28. The quantitative estimate of drug-likeness (QED) is 0.379. The second-order valence-electron chi connectivity index (χ2n) is 5.78. The number of hydrogen-bond acceptors (Lipinski definition) is 3. The Bertz CT molecular complexity index is 308. The molecule has 0 bridgehead atoms. The minimum Gasteiger partial charge on any atom is -1.00 e. The van der Waals surface area contributed by atoms with E-state index in [9.17, 15) is 9.59 Å². The van der Waals surface area contributed by atoms with E-state index < -0.39 is 0 Å². The van der Waals surface area contributed by atoms with Crippen LogP contribution in [-0.2, 0) is 14.4 Å².